The summed E-state index contributed by atoms with van der Waals surface area (Å²) in [5, 5.41) is 14.9. The van der Waals surface area contributed by atoms with Gasteiger partial charge in [-0.05, 0) is 140 Å². The van der Waals surface area contributed by atoms with Crippen LogP contribution in [0.5, 0.6) is 0 Å². The molecule has 0 unspecified atom stereocenters. The van der Waals surface area contributed by atoms with Gasteiger partial charge >= 0.3 is 0 Å². The largest absolute Gasteiger partial charge is 0.456 e. The zero-order valence-corrected chi connectivity index (χ0v) is 33.4. The SMILES string of the molecule is CC1(C)c2ccc(-c3ccc4oc5ccc(-c6c7ccccc7c(-c7cccc8c7ccc7ccccc78)c7ccccc67)cc5c4c3)cc2-c2c1ccc1ccccc21. The normalized spacial score (nSPS) is 13.3. The smallest absolute Gasteiger partial charge is 0.135 e. The van der Waals surface area contributed by atoms with Crippen molar-refractivity contribution in [2.75, 3.05) is 0 Å². The van der Waals surface area contributed by atoms with Gasteiger partial charge < -0.3 is 4.42 Å². The first-order valence-corrected chi connectivity index (χ1v) is 21.0. The monoisotopic (exact) mass is 762 g/mol. The summed E-state index contributed by atoms with van der Waals surface area (Å²) in [5.74, 6) is 0. The minimum absolute atomic E-state index is 0.0648. The van der Waals surface area contributed by atoms with E-state index < -0.39 is 0 Å². The molecule has 280 valence electrons. The van der Waals surface area contributed by atoms with Gasteiger partial charge in [-0.1, -0.05) is 178 Å². The Kier molecular flexibility index (Phi) is 6.85. The van der Waals surface area contributed by atoms with Crippen LogP contribution in [0.25, 0.3) is 120 Å². The summed E-state index contributed by atoms with van der Waals surface area (Å²) < 4.78 is 6.55. The Balaban J connectivity index is 1.000. The topological polar surface area (TPSA) is 13.1 Å². The van der Waals surface area contributed by atoms with E-state index in [4.69, 9.17) is 4.42 Å². The maximum absolute atomic E-state index is 6.55. The van der Waals surface area contributed by atoms with Gasteiger partial charge in [0.15, 0.2) is 0 Å². The fourth-order valence-corrected chi connectivity index (χ4v) is 10.8. The van der Waals surface area contributed by atoms with Crippen molar-refractivity contribution in [3.63, 3.8) is 0 Å². The first-order chi connectivity index (χ1) is 29.5. The van der Waals surface area contributed by atoms with Crippen molar-refractivity contribution in [1.82, 2.24) is 0 Å². The van der Waals surface area contributed by atoms with Crippen LogP contribution in [-0.2, 0) is 5.41 Å². The van der Waals surface area contributed by atoms with Crippen LogP contribution in [0, 0.1) is 0 Å². The molecule has 0 radical (unpaired) electrons. The van der Waals surface area contributed by atoms with Gasteiger partial charge in [-0.2, -0.15) is 0 Å². The van der Waals surface area contributed by atoms with Crippen molar-refractivity contribution < 1.29 is 4.42 Å². The van der Waals surface area contributed by atoms with Gasteiger partial charge in [0.25, 0.3) is 0 Å². The molecule has 11 aromatic carbocycles. The molecule has 0 N–H and O–H groups in total. The molecule has 0 fully saturated rings. The molecule has 1 heteroatoms. The second-order valence-corrected chi connectivity index (χ2v) is 17.1. The predicted octanol–water partition coefficient (Wildman–Crippen LogP) is 16.7. The molecule has 60 heavy (non-hydrogen) atoms. The fraction of sp³-hybridized carbons (Fsp3) is 0.0508. The Bertz CT molecular complexity index is 3750. The lowest BCUT2D eigenvalue weighted by molar-refractivity contribution is 0.661. The molecule has 12 aromatic rings. The third-order valence-corrected chi connectivity index (χ3v) is 13.6. The molecule has 0 spiro atoms. The minimum Gasteiger partial charge on any atom is -0.456 e. The quantitative estimate of drug-likeness (QED) is 0.129. The van der Waals surface area contributed by atoms with E-state index in [0.717, 1.165) is 21.9 Å². The van der Waals surface area contributed by atoms with Crippen LogP contribution in [0.2, 0.25) is 0 Å². The zero-order chi connectivity index (χ0) is 39.7. The second-order valence-electron chi connectivity index (χ2n) is 17.1. The molecule has 0 amide bonds. The Morgan fingerprint density at radius 2 is 0.817 bits per heavy atom. The second kappa shape index (κ2) is 12.3. The highest BCUT2D eigenvalue weighted by Crippen LogP contribution is 2.53. The standard InChI is InChI=1S/C59H38O/c1-59(2)52-28-24-37(33-51(52)58-41-15-6-4-13-36(41)23-29-53(58)59)38-25-30-54-49(32-38)50-34-39(26-31-55(50)60-54)56-45-16-7-9-18-47(45)57(48-19-10-8-17-46(48)56)44-21-11-20-42-40-14-5-3-12-35(40)22-27-43(42)44/h3-34H,1-2H3. The summed E-state index contributed by atoms with van der Waals surface area (Å²) in [6, 6.07) is 72.0. The Morgan fingerprint density at radius 3 is 1.53 bits per heavy atom. The number of furan rings is 1. The number of benzene rings is 11. The van der Waals surface area contributed by atoms with Crippen LogP contribution < -0.4 is 0 Å². The maximum atomic E-state index is 6.55. The van der Waals surface area contributed by atoms with E-state index in [1.165, 1.54) is 109 Å². The highest BCUT2D eigenvalue weighted by molar-refractivity contribution is 6.25. The number of hydrogen-bond donors (Lipinski definition) is 0. The molecule has 1 aromatic heterocycles. The fourth-order valence-electron chi connectivity index (χ4n) is 10.8. The Labute approximate surface area is 347 Å². The average Bonchev–Trinajstić information content (AvgIpc) is 3.78. The van der Waals surface area contributed by atoms with E-state index in [1.54, 1.807) is 0 Å². The highest BCUT2D eigenvalue weighted by atomic mass is 16.3. The molecule has 13 rings (SSSR count). The van der Waals surface area contributed by atoms with Crippen molar-refractivity contribution >= 4 is 75.8 Å². The first kappa shape index (κ1) is 33.5. The van der Waals surface area contributed by atoms with Crippen LogP contribution >= 0.6 is 0 Å². The number of fused-ring (bicyclic) bond motifs is 13. The summed E-state index contributed by atoms with van der Waals surface area (Å²) in [7, 11) is 0. The van der Waals surface area contributed by atoms with Gasteiger partial charge in [-0.3, -0.25) is 0 Å². The lowest BCUT2D eigenvalue weighted by atomic mass is 9.82. The van der Waals surface area contributed by atoms with Gasteiger partial charge in [0, 0.05) is 16.2 Å². The summed E-state index contributed by atoms with van der Waals surface area (Å²) >= 11 is 0. The summed E-state index contributed by atoms with van der Waals surface area (Å²) in [6.07, 6.45) is 0. The van der Waals surface area contributed by atoms with E-state index in [9.17, 15) is 0 Å². The van der Waals surface area contributed by atoms with Crippen molar-refractivity contribution in [1.29, 1.82) is 0 Å². The summed E-state index contributed by atoms with van der Waals surface area (Å²) in [4.78, 5) is 0. The van der Waals surface area contributed by atoms with Crippen LogP contribution in [0.1, 0.15) is 25.0 Å². The highest BCUT2D eigenvalue weighted by Gasteiger charge is 2.36. The Hall–Kier alpha value is -7.48. The third kappa shape index (κ3) is 4.63. The zero-order valence-electron chi connectivity index (χ0n) is 33.4. The van der Waals surface area contributed by atoms with E-state index >= 15 is 0 Å². The van der Waals surface area contributed by atoms with Gasteiger partial charge in [0.1, 0.15) is 11.2 Å². The Morgan fingerprint density at radius 1 is 0.300 bits per heavy atom. The molecular formula is C59H38O. The molecule has 1 aliphatic rings. The molecule has 1 heterocycles. The van der Waals surface area contributed by atoms with Gasteiger partial charge in [0.2, 0.25) is 0 Å². The molecule has 0 saturated heterocycles. The molecular weight excluding hydrogens is 725 g/mol. The summed E-state index contributed by atoms with van der Waals surface area (Å²) in [6.45, 7) is 4.72. The minimum atomic E-state index is -0.0648. The maximum Gasteiger partial charge on any atom is 0.135 e. The van der Waals surface area contributed by atoms with Crippen molar-refractivity contribution in [2.45, 2.75) is 19.3 Å². The first-order valence-electron chi connectivity index (χ1n) is 21.0. The van der Waals surface area contributed by atoms with Gasteiger partial charge in [0.05, 0.1) is 0 Å². The molecule has 1 nitrogen and oxygen atoms in total. The molecule has 0 aliphatic heterocycles. The predicted molar refractivity (Wildman–Crippen MR) is 255 cm³/mol. The lowest BCUT2D eigenvalue weighted by Crippen LogP contribution is -2.14. The molecule has 0 saturated carbocycles. The van der Waals surface area contributed by atoms with Crippen LogP contribution in [0.3, 0.4) is 0 Å². The number of hydrogen-bond acceptors (Lipinski definition) is 1. The summed E-state index contributed by atoms with van der Waals surface area (Å²) in [5.41, 5.74) is 14.6. The van der Waals surface area contributed by atoms with E-state index in [-0.39, 0.29) is 5.41 Å². The number of rotatable bonds is 3. The molecule has 0 bridgehead atoms. The van der Waals surface area contributed by atoms with Gasteiger partial charge in [-0.25, -0.2) is 0 Å². The van der Waals surface area contributed by atoms with Crippen LogP contribution in [0.4, 0.5) is 0 Å². The van der Waals surface area contributed by atoms with Crippen molar-refractivity contribution in [3.05, 3.63) is 205 Å². The van der Waals surface area contributed by atoms with Crippen LogP contribution in [0.15, 0.2) is 199 Å². The van der Waals surface area contributed by atoms with Crippen molar-refractivity contribution in [2.24, 2.45) is 0 Å². The molecule has 0 atom stereocenters. The lowest BCUT2D eigenvalue weighted by Gasteiger charge is -2.21. The van der Waals surface area contributed by atoms with Crippen LogP contribution in [-0.4, -0.2) is 0 Å². The third-order valence-electron chi connectivity index (χ3n) is 13.6. The van der Waals surface area contributed by atoms with E-state index in [2.05, 4.69) is 208 Å². The van der Waals surface area contributed by atoms with E-state index in [1.807, 2.05) is 0 Å². The average molecular weight is 763 g/mol. The van der Waals surface area contributed by atoms with Crippen molar-refractivity contribution in [3.8, 4) is 44.5 Å². The molecule has 1 aliphatic carbocycles. The van der Waals surface area contributed by atoms with E-state index in [0.29, 0.717) is 0 Å². The van der Waals surface area contributed by atoms with Gasteiger partial charge in [-0.15, -0.1) is 0 Å².